The number of fused-ring (bicyclic) bond motifs is 1. The number of hydrogen-bond acceptors (Lipinski definition) is 4. The van der Waals surface area contributed by atoms with Crippen molar-refractivity contribution >= 4 is 22.7 Å². The smallest absolute Gasteiger partial charge is 0.262 e. The molecule has 1 saturated carbocycles. The topological polar surface area (TPSA) is 58.7 Å². The van der Waals surface area contributed by atoms with Crippen molar-refractivity contribution in [2.24, 2.45) is 0 Å². The Kier molecular flexibility index (Phi) is 5.92. The Balaban J connectivity index is 1.92. The van der Waals surface area contributed by atoms with Gasteiger partial charge in [0, 0.05) is 18.2 Å². The highest BCUT2D eigenvalue weighted by molar-refractivity contribution is 7.99. The average molecular weight is 341 g/mol. The zero-order valence-electron chi connectivity index (χ0n) is 13.9. The molecule has 1 aromatic carbocycles. The Morgan fingerprint density at radius 1 is 1.21 bits per heavy atom. The first-order valence-corrected chi connectivity index (χ1v) is 9.81. The molecule has 1 aliphatic rings. The molecule has 0 N–H and O–H groups in total. The Morgan fingerprint density at radius 2 is 2.00 bits per heavy atom. The lowest BCUT2D eigenvalue weighted by molar-refractivity contribution is 0.326. The van der Waals surface area contributed by atoms with Crippen molar-refractivity contribution in [1.29, 1.82) is 5.26 Å². The monoisotopic (exact) mass is 341 g/mol. The van der Waals surface area contributed by atoms with E-state index >= 15 is 0 Å². The zero-order valence-corrected chi connectivity index (χ0v) is 14.7. The van der Waals surface area contributed by atoms with E-state index in [-0.39, 0.29) is 11.6 Å². The van der Waals surface area contributed by atoms with Crippen molar-refractivity contribution < 1.29 is 0 Å². The van der Waals surface area contributed by atoms with Crippen LogP contribution < -0.4 is 5.56 Å². The van der Waals surface area contributed by atoms with E-state index in [1.54, 1.807) is 11.8 Å². The molecule has 0 amide bonds. The lowest BCUT2D eigenvalue weighted by atomic mass is 9.95. The predicted molar refractivity (Wildman–Crippen MR) is 98.3 cm³/mol. The Bertz CT molecular complexity index is 787. The van der Waals surface area contributed by atoms with Crippen molar-refractivity contribution in [3.8, 4) is 6.07 Å². The molecule has 2 aromatic rings. The summed E-state index contributed by atoms with van der Waals surface area (Å²) in [7, 11) is 0. The second-order valence-corrected chi connectivity index (χ2v) is 7.40. The molecule has 5 heteroatoms. The summed E-state index contributed by atoms with van der Waals surface area (Å²) in [6, 6.07) is 10.1. The molecule has 1 aliphatic carbocycles. The molecule has 0 aliphatic heterocycles. The molecule has 0 bridgehead atoms. The first-order valence-electron chi connectivity index (χ1n) is 8.82. The summed E-state index contributed by atoms with van der Waals surface area (Å²) < 4.78 is 1.95. The number of unbranched alkanes of at least 4 members (excludes halogenated alkanes) is 2. The van der Waals surface area contributed by atoms with Gasteiger partial charge in [-0.15, -0.1) is 0 Å². The molecule has 126 valence electrons. The second kappa shape index (κ2) is 8.34. The van der Waals surface area contributed by atoms with Crippen LogP contribution in [0.4, 0.5) is 0 Å². The number of hydrogen-bond donors (Lipinski definition) is 0. The number of nitrogens with zero attached hydrogens (tertiary/aromatic N) is 3. The van der Waals surface area contributed by atoms with Gasteiger partial charge in [0.1, 0.15) is 0 Å². The van der Waals surface area contributed by atoms with Crippen LogP contribution in [0.5, 0.6) is 0 Å². The van der Waals surface area contributed by atoms with E-state index in [1.165, 1.54) is 19.3 Å². The maximum Gasteiger partial charge on any atom is 0.262 e. The molecular weight excluding hydrogens is 318 g/mol. The van der Waals surface area contributed by atoms with E-state index in [2.05, 4.69) is 6.07 Å². The van der Waals surface area contributed by atoms with Crippen LogP contribution in [0.3, 0.4) is 0 Å². The first kappa shape index (κ1) is 17.0. The maximum absolute atomic E-state index is 13.1. The molecule has 1 aromatic heterocycles. The van der Waals surface area contributed by atoms with Crippen molar-refractivity contribution in [3.05, 3.63) is 34.6 Å². The molecule has 0 atom stereocenters. The van der Waals surface area contributed by atoms with E-state index < -0.39 is 0 Å². The predicted octanol–water partition coefficient (Wildman–Crippen LogP) is 4.69. The molecule has 0 unspecified atom stereocenters. The van der Waals surface area contributed by atoms with Crippen LogP contribution in [-0.2, 0) is 0 Å². The minimum Gasteiger partial charge on any atom is -0.284 e. The van der Waals surface area contributed by atoms with Gasteiger partial charge in [-0.25, -0.2) is 4.98 Å². The van der Waals surface area contributed by atoms with Crippen LogP contribution in [0.25, 0.3) is 10.9 Å². The van der Waals surface area contributed by atoms with E-state index in [0.29, 0.717) is 6.42 Å². The number of aromatic nitrogens is 2. The van der Waals surface area contributed by atoms with Gasteiger partial charge in [0.2, 0.25) is 0 Å². The molecule has 0 saturated heterocycles. The molecule has 1 fully saturated rings. The number of benzene rings is 1. The van der Waals surface area contributed by atoms with Crippen LogP contribution in [0.1, 0.15) is 57.4 Å². The van der Waals surface area contributed by atoms with E-state index in [0.717, 1.165) is 47.5 Å². The maximum atomic E-state index is 13.1. The van der Waals surface area contributed by atoms with E-state index in [1.807, 2.05) is 28.8 Å². The van der Waals surface area contributed by atoms with Gasteiger partial charge in [-0.2, -0.15) is 5.26 Å². The van der Waals surface area contributed by atoms with Crippen LogP contribution in [0.2, 0.25) is 0 Å². The lowest BCUT2D eigenvalue weighted by Crippen LogP contribution is -2.29. The van der Waals surface area contributed by atoms with Gasteiger partial charge in [0.25, 0.3) is 5.56 Å². The molecule has 4 nitrogen and oxygen atoms in total. The largest absolute Gasteiger partial charge is 0.284 e. The summed E-state index contributed by atoms with van der Waals surface area (Å²) in [5, 5.41) is 10.2. The van der Waals surface area contributed by atoms with Crippen LogP contribution in [0.15, 0.2) is 34.2 Å². The standard InChI is InChI=1S/C19H23N3OS/c20-13-7-2-8-14-24-19-21-17-12-6-5-11-16(17)18(23)22(19)15-9-3-1-4-10-15/h5-6,11-12,15H,1-4,7-10,14H2. The molecule has 24 heavy (non-hydrogen) atoms. The van der Waals surface area contributed by atoms with Gasteiger partial charge < -0.3 is 0 Å². The first-order chi connectivity index (χ1) is 11.8. The van der Waals surface area contributed by atoms with Gasteiger partial charge in [-0.3, -0.25) is 9.36 Å². The normalized spacial score (nSPS) is 15.5. The number of nitriles is 1. The van der Waals surface area contributed by atoms with Crippen LogP contribution in [-0.4, -0.2) is 15.3 Å². The van der Waals surface area contributed by atoms with Crippen LogP contribution >= 0.6 is 11.8 Å². The molecule has 0 radical (unpaired) electrons. The third-order valence-corrected chi connectivity index (χ3v) is 5.67. The Morgan fingerprint density at radius 3 is 2.79 bits per heavy atom. The summed E-state index contributed by atoms with van der Waals surface area (Å²) in [5.41, 5.74) is 0.890. The van der Waals surface area contributed by atoms with Crippen molar-refractivity contribution in [3.63, 3.8) is 0 Å². The minimum atomic E-state index is 0.104. The second-order valence-electron chi connectivity index (χ2n) is 6.34. The summed E-state index contributed by atoms with van der Waals surface area (Å²) in [6.07, 6.45) is 8.27. The SMILES string of the molecule is N#CCCCCSc1nc2ccccc2c(=O)n1C1CCCCC1. The summed E-state index contributed by atoms with van der Waals surface area (Å²) >= 11 is 1.66. The zero-order chi connectivity index (χ0) is 16.8. The van der Waals surface area contributed by atoms with Gasteiger partial charge in [-0.05, 0) is 37.8 Å². The fourth-order valence-electron chi connectivity index (χ4n) is 3.36. The number of thioether (sulfide) groups is 1. The molecule has 1 heterocycles. The highest BCUT2D eigenvalue weighted by Gasteiger charge is 2.21. The highest BCUT2D eigenvalue weighted by Crippen LogP contribution is 2.31. The van der Waals surface area contributed by atoms with Gasteiger partial charge in [0.15, 0.2) is 5.16 Å². The number of para-hydroxylation sites is 1. The van der Waals surface area contributed by atoms with Gasteiger partial charge >= 0.3 is 0 Å². The summed E-state index contributed by atoms with van der Waals surface area (Å²) in [6.45, 7) is 0. The van der Waals surface area contributed by atoms with Crippen LogP contribution in [0, 0.1) is 11.3 Å². The fourth-order valence-corrected chi connectivity index (χ4v) is 4.42. The molecular formula is C19H23N3OS. The average Bonchev–Trinajstić information content (AvgIpc) is 2.62. The summed E-state index contributed by atoms with van der Waals surface area (Å²) in [4.78, 5) is 17.8. The van der Waals surface area contributed by atoms with Gasteiger partial charge in [-0.1, -0.05) is 43.2 Å². The fraction of sp³-hybridized carbons (Fsp3) is 0.526. The van der Waals surface area contributed by atoms with Gasteiger partial charge in [0.05, 0.1) is 17.0 Å². The quantitative estimate of drug-likeness (QED) is 0.434. The van der Waals surface area contributed by atoms with Crippen molar-refractivity contribution in [2.75, 3.05) is 5.75 Å². The number of rotatable bonds is 6. The van der Waals surface area contributed by atoms with Crippen molar-refractivity contribution in [2.45, 2.75) is 62.6 Å². The lowest BCUT2D eigenvalue weighted by Gasteiger charge is -2.26. The summed E-state index contributed by atoms with van der Waals surface area (Å²) in [5.74, 6) is 0.902. The highest BCUT2D eigenvalue weighted by atomic mass is 32.2. The third-order valence-electron chi connectivity index (χ3n) is 4.63. The van der Waals surface area contributed by atoms with E-state index in [9.17, 15) is 4.79 Å². The molecule has 3 rings (SSSR count). The molecule has 0 spiro atoms. The van der Waals surface area contributed by atoms with Crippen molar-refractivity contribution in [1.82, 2.24) is 9.55 Å². The minimum absolute atomic E-state index is 0.104. The Hall–Kier alpha value is -1.80. The van der Waals surface area contributed by atoms with E-state index in [4.69, 9.17) is 10.2 Å². The Labute approximate surface area is 146 Å². The third kappa shape index (κ3) is 3.81.